The zero-order valence-corrected chi connectivity index (χ0v) is 25.2. The Labute approximate surface area is 257 Å². The lowest BCUT2D eigenvalue weighted by atomic mass is 9.86. The summed E-state index contributed by atoms with van der Waals surface area (Å²) in [5.74, 6) is -0.573. The van der Waals surface area contributed by atoms with E-state index in [0.717, 1.165) is 54.9 Å². The number of thiophene rings is 1. The molecule has 0 bridgehead atoms. The molecule has 44 heavy (non-hydrogen) atoms. The summed E-state index contributed by atoms with van der Waals surface area (Å²) in [7, 11) is 0. The van der Waals surface area contributed by atoms with E-state index < -0.39 is 12.3 Å². The average Bonchev–Trinajstić information content (AvgIpc) is 3.75. The second kappa shape index (κ2) is 12.7. The van der Waals surface area contributed by atoms with Crippen molar-refractivity contribution in [3.05, 3.63) is 57.3 Å². The highest BCUT2D eigenvalue weighted by molar-refractivity contribution is 7.14. The number of nitrogens with zero attached hydrogens (tertiary/aromatic N) is 5. The molecule has 0 spiro atoms. The summed E-state index contributed by atoms with van der Waals surface area (Å²) in [6, 6.07) is 10.5. The molecule has 3 aliphatic rings. The largest absolute Gasteiger partial charge is 0.379 e. The number of nitrogens with one attached hydrogen (secondary N) is 1. The number of benzene rings is 1. The molecule has 1 N–H and O–H groups in total. The normalized spacial score (nSPS) is 20.6. The van der Waals surface area contributed by atoms with Gasteiger partial charge in [-0.05, 0) is 42.7 Å². The zero-order chi connectivity index (χ0) is 30.8. The monoisotopic (exact) mass is 624 g/mol. The van der Waals surface area contributed by atoms with Crippen molar-refractivity contribution < 1.29 is 27.8 Å². The van der Waals surface area contributed by atoms with Crippen LogP contribution in [0.2, 0.25) is 0 Å². The van der Waals surface area contributed by atoms with E-state index in [4.69, 9.17) is 14.5 Å². The number of hydrogen-bond donors (Lipinski definition) is 1. The molecule has 2 amide bonds. The summed E-state index contributed by atoms with van der Waals surface area (Å²) in [5, 5.41) is 12.7. The van der Waals surface area contributed by atoms with Crippen molar-refractivity contribution in [1.29, 1.82) is 5.26 Å². The summed E-state index contributed by atoms with van der Waals surface area (Å²) < 4.78 is 39.0. The number of amides is 2. The Morgan fingerprint density at radius 1 is 1.20 bits per heavy atom. The summed E-state index contributed by atoms with van der Waals surface area (Å²) >= 11 is 0.743. The van der Waals surface area contributed by atoms with Crippen LogP contribution in [0, 0.1) is 16.7 Å². The molecule has 232 valence electrons. The molecule has 3 aliphatic heterocycles. The third-order valence-electron chi connectivity index (χ3n) is 8.35. The van der Waals surface area contributed by atoms with E-state index in [0.29, 0.717) is 45.0 Å². The van der Waals surface area contributed by atoms with Crippen molar-refractivity contribution in [1.82, 2.24) is 19.4 Å². The number of imidazole rings is 1. The van der Waals surface area contributed by atoms with Gasteiger partial charge in [0, 0.05) is 38.1 Å². The number of rotatable bonds is 9. The van der Waals surface area contributed by atoms with Crippen molar-refractivity contribution in [2.24, 2.45) is 5.41 Å². The van der Waals surface area contributed by atoms with E-state index in [1.807, 2.05) is 29.7 Å². The molecule has 0 saturated carbocycles. The van der Waals surface area contributed by atoms with Gasteiger partial charge in [-0.15, -0.1) is 11.3 Å². The number of carbonyl (C=O) groups is 2. The van der Waals surface area contributed by atoms with Gasteiger partial charge in [0.15, 0.2) is 0 Å². The maximum absolute atomic E-state index is 13.6. The minimum absolute atomic E-state index is 0.104. The Bertz CT molecular complexity index is 1620. The van der Waals surface area contributed by atoms with Gasteiger partial charge in [-0.3, -0.25) is 19.8 Å². The predicted molar refractivity (Wildman–Crippen MR) is 160 cm³/mol. The van der Waals surface area contributed by atoms with Crippen molar-refractivity contribution in [2.75, 3.05) is 51.4 Å². The molecule has 3 fully saturated rings. The number of ether oxygens (including phenoxy) is 2. The topological polar surface area (TPSA) is 113 Å². The number of carbonyl (C=O) groups excluding carboxylic acids is 2. The number of fused-ring (bicyclic) bond motifs is 1. The maximum Gasteiger partial charge on any atom is 0.272 e. The van der Waals surface area contributed by atoms with E-state index in [1.54, 1.807) is 11.0 Å². The molecule has 3 aromatic rings. The quantitative estimate of drug-likeness (QED) is 0.274. The van der Waals surface area contributed by atoms with Crippen LogP contribution in [0.1, 0.15) is 46.3 Å². The van der Waals surface area contributed by atoms with E-state index >= 15 is 0 Å². The lowest BCUT2D eigenvalue weighted by Gasteiger charge is -2.35. The molecule has 10 nitrogen and oxygen atoms in total. The number of anilines is 1. The standard InChI is InChI=1S/C31H34F2N6O4S/c1-31(18-43-19-31)14-21(15-34)29(41)38-8-2-3-22(38)17-39-24-5-4-20(16-37-9-11-42-12-10-37)13-23(24)35-30(39)36-28(40)26-7-6-25(44-26)27(32)33/h4-7,13-14,22,27H,2-3,8-12,16-19H2,1H3,(H,35,36,40). The van der Waals surface area contributed by atoms with E-state index in [1.165, 1.54) is 12.1 Å². The number of nitriles is 1. The fraction of sp³-hybridized carbons (Fsp3) is 0.484. The Hall–Kier alpha value is -3.70. The molecule has 1 atom stereocenters. The Morgan fingerprint density at radius 3 is 2.68 bits per heavy atom. The fourth-order valence-corrected chi connectivity index (χ4v) is 6.74. The van der Waals surface area contributed by atoms with Crippen LogP contribution in [-0.4, -0.2) is 83.3 Å². The first-order valence-corrected chi connectivity index (χ1v) is 15.5. The molecule has 6 rings (SSSR count). The number of aromatic nitrogens is 2. The smallest absolute Gasteiger partial charge is 0.272 e. The SMILES string of the molecule is CC1(C=C(C#N)C(=O)N2CCCC2Cn2c(NC(=O)c3ccc(C(F)F)s3)nc3cc(CN4CCOCC4)ccc32)COC1. The van der Waals surface area contributed by atoms with Crippen molar-refractivity contribution in [2.45, 2.75) is 45.3 Å². The molecule has 5 heterocycles. The first kappa shape index (κ1) is 30.3. The summed E-state index contributed by atoms with van der Waals surface area (Å²) in [6.07, 6.45) is 0.556. The molecule has 2 aromatic heterocycles. The number of halogens is 2. The number of hydrogen-bond acceptors (Lipinski definition) is 8. The third kappa shape index (κ3) is 6.39. The highest BCUT2D eigenvalue weighted by atomic mass is 32.1. The number of likely N-dealkylation sites (tertiary alicyclic amines) is 1. The van der Waals surface area contributed by atoms with Crippen molar-refractivity contribution in [3.8, 4) is 6.07 Å². The van der Waals surface area contributed by atoms with Crippen LogP contribution in [-0.2, 0) is 27.4 Å². The molecular weight excluding hydrogens is 590 g/mol. The van der Waals surface area contributed by atoms with Crippen LogP contribution in [0.15, 0.2) is 42.0 Å². The fourth-order valence-electron chi connectivity index (χ4n) is 5.98. The first-order chi connectivity index (χ1) is 21.2. The highest BCUT2D eigenvalue weighted by Gasteiger charge is 2.36. The minimum Gasteiger partial charge on any atom is -0.379 e. The number of morpholine rings is 1. The molecular formula is C31H34F2N6O4S. The van der Waals surface area contributed by atoms with Crippen LogP contribution in [0.25, 0.3) is 11.0 Å². The third-order valence-corrected chi connectivity index (χ3v) is 9.44. The van der Waals surface area contributed by atoms with Crippen LogP contribution < -0.4 is 5.32 Å². The zero-order valence-electron chi connectivity index (χ0n) is 24.4. The number of alkyl halides is 2. The second-order valence-corrected chi connectivity index (χ2v) is 12.9. The summed E-state index contributed by atoms with van der Waals surface area (Å²) in [6.45, 7) is 7.54. The Morgan fingerprint density at radius 2 is 2.00 bits per heavy atom. The van der Waals surface area contributed by atoms with Gasteiger partial charge in [-0.1, -0.05) is 19.1 Å². The first-order valence-electron chi connectivity index (χ1n) is 14.7. The van der Waals surface area contributed by atoms with Crippen LogP contribution in [0.5, 0.6) is 0 Å². The molecule has 0 radical (unpaired) electrons. The van der Waals surface area contributed by atoms with Gasteiger partial charge < -0.3 is 18.9 Å². The average molecular weight is 625 g/mol. The van der Waals surface area contributed by atoms with Gasteiger partial charge in [0.05, 0.1) is 53.3 Å². The van der Waals surface area contributed by atoms with Gasteiger partial charge in [0.1, 0.15) is 11.6 Å². The van der Waals surface area contributed by atoms with Crippen LogP contribution in [0.4, 0.5) is 14.7 Å². The van der Waals surface area contributed by atoms with E-state index in [2.05, 4.69) is 16.3 Å². The Kier molecular flexibility index (Phi) is 8.77. The molecule has 1 aromatic carbocycles. The van der Waals surface area contributed by atoms with Crippen LogP contribution in [0.3, 0.4) is 0 Å². The van der Waals surface area contributed by atoms with Gasteiger partial charge in [-0.25, -0.2) is 13.8 Å². The molecule has 1 unspecified atom stereocenters. The van der Waals surface area contributed by atoms with Gasteiger partial charge in [0.25, 0.3) is 18.2 Å². The maximum atomic E-state index is 13.6. The van der Waals surface area contributed by atoms with Gasteiger partial charge in [0.2, 0.25) is 5.95 Å². The van der Waals surface area contributed by atoms with Gasteiger partial charge in [-0.2, -0.15) is 5.26 Å². The van der Waals surface area contributed by atoms with Crippen molar-refractivity contribution >= 4 is 40.1 Å². The highest BCUT2D eigenvalue weighted by Crippen LogP contribution is 2.32. The summed E-state index contributed by atoms with van der Waals surface area (Å²) in [5.41, 5.74) is 2.29. The van der Waals surface area contributed by atoms with Crippen LogP contribution >= 0.6 is 11.3 Å². The van der Waals surface area contributed by atoms with E-state index in [9.17, 15) is 23.6 Å². The van der Waals surface area contributed by atoms with Gasteiger partial charge >= 0.3 is 0 Å². The second-order valence-electron chi connectivity index (χ2n) is 11.8. The van der Waals surface area contributed by atoms with E-state index in [-0.39, 0.29) is 38.6 Å². The Balaban J connectivity index is 1.29. The minimum atomic E-state index is -2.66. The molecule has 3 saturated heterocycles. The summed E-state index contributed by atoms with van der Waals surface area (Å²) in [4.78, 5) is 35.5. The lowest BCUT2D eigenvalue weighted by molar-refractivity contribution is -0.128. The molecule has 13 heteroatoms. The molecule has 0 aliphatic carbocycles. The van der Waals surface area contributed by atoms with Crippen molar-refractivity contribution in [3.63, 3.8) is 0 Å². The predicted octanol–water partition coefficient (Wildman–Crippen LogP) is 4.60. The lowest BCUT2D eigenvalue weighted by Crippen LogP contribution is -2.41.